The molecule has 2 aromatic carbocycles. The zero-order valence-electron chi connectivity index (χ0n) is 10.5. The van der Waals surface area contributed by atoms with E-state index < -0.39 is 4.87 Å². The third-order valence-corrected chi connectivity index (χ3v) is 3.59. The van der Waals surface area contributed by atoms with Crippen molar-refractivity contribution in [2.75, 3.05) is 0 Å². The lowest BCUT2D eigenvalue weighted by molar-refractivity contribution is 1.13. The molecule has 3 rings (SSSR count). The molecular formula is C16H13ClN2. The van der Waals surface area contributed by atoms with Crippen LogP contribution in [0.25, 0.3) is 0 Å². The predicted octanol–water partition coefficient (Wildman–Crippen LogP) is 3.89. The van der Waals surface area contributed by atoms with E-state index in [4.69, 9.17) is 11.6 Å². The van der Waals surface area contributed by atoms with E-state index in [1.54, 1.807) is 0 Å². The van der Waals surface area contributed by atoms with Crippen LogP contribution in [-0.4, -0.2) is 16.3 Å². The van der Waals surface area contributed by atoms with Gasteiger partial charge in [-0.05, 0) is 6.92 Å². The van der Waals surface area contributed by atoms with Crippen LogP contribution < -0.4 is 0 Å². The van der Waals surface area contributed by atoms with Crippen molar-refractivity contribution in [3.8, 4) is 0 Å². The summed E-state index contributed by atoms with van der Waals surface area (Å²) in [6.07, 6.45) is 0. The van der Waals surface area contributed by atoms with Crippen molar-refractivity contribution in [3.05, 3.63) is 71.8 Å². The maximum Gasteiger partial charge on any atom is 0.130 e. The summed E-state index contributed by atoms with van der Waals surface area (Å²) in [5, 5.41) is 8.58. The molecule has 0 aliphatic carbocycles. The van der Waals surface area contributed by atoms with Gasteiger partial charge in [0.2, 0.25) is 0 Å². The van der Waals surface area contributed by atoms with E-state index in [2.05, 4.69) is 10.2 Å². The molecule has 1 heterocycles. The number of hydrogen-bond acceptors (Lipinski definition) is 2. The average Bonchev–Trinajstić information content (AvgIpc) is 2.76. The molecule has 0 saturated carbocycles. The van der Waals surface area contributed by atoms with E-state index in [1.165, 1.54) is 0 Å². The summed E-state index contributed by atoms with van der Waals surface area (Å²) < 4.78 is 0. The second-order valence-corrected chi connectivity index (χ2v) is 5.39. The van der Waals surface area contributed by atoms with E-state index in [9.17, 15) is 0 Å². The monoisotopic (exact) mass is 268 g/mol. The molecule has 0 atom stereocenters. The molecule has 3 heteroatoms. The average molecular weight is 269 g/mol. The van der Waals surface area contributed by atoms with Crippen molar-refractivity contribution >= 4 is 23.0 Å². The van der Waals surface area contributed by atoms with Crippen LogP contribution in [0.2, 0.25) is 0 Å². The largest absolute Gasteiger partial charge is 0.152 e. The first kappa shape index (κ1) is 12.1. The molecular weight excluding hydrogens is 256 g/mol. The van der Waals surface area contributed by atoms with Gasteiger partial charge in [-0.2, -0.15) is 10.2 Å². The van der Waals surface area contributed by atoms with Crippen LogP contribution in [0.5, 0.6) is 0 Å². The Hall–Kier alpha value is -1.93. The van der Waals surface area contributed by atoms with Gasteiger partial charge in [0, 0.05) is 11.1 Å². The zero-order valence-corrected chi connectivity index (χ0v) is 11.3. The maximum atomic E-state index is 6.71. The van der Waals surface area contributed by atoms with E-state index in [0.717, 1.165) is 22.6 Å². The van der Waals surface area contributed by atoms with Gasteiger partial charge in [-0.3, -0.25) is 0 Å². The van der Waals surface area contributed by atoms with E-state index >= 15 is 0 Å². The molecule has 0 radical (unpaired) electrons. The Balaban J connectivity index is 1.99. The second kappa shape index (κ2) is 4.63. The number of benzene rings is 2. The summed E-state index contributed by atoms with van der Waals surface area (Å²) >= 11 is 6.71. The highest BCUT2D eigenvalue weighted by Gasteiger charge is 2.39. The van der Waals surface area contributed by atoms with Crippen LogP contribution in [0.3, 0.4) is 0 Å². The van der Waals surface area contributed by atoms with Crippen LogP contribution in [-0.2, 0) is 0 Å². The third-order valence-electron chi connectivity index (χ3n) is 3.23. The first-order valence-electron chi connectivity index (χ1n) is 6.16. The van der Waals surface area contributed by atoms with E-state index in [1.807, 2.05) is 67.6 Å². The fourth-order valence-electron chi connectivity index (χ4n) is 2.25. The Morgan fingerprint density at radius 2 is 1.11 bits per heavy atom. The molecule has 0 N–H and O–H groups in total. The van der Waals surface area contributed by atoms with Gasteiger partial charge in [0.15, 0.2) is 0 Å². The highest BCUT2D eigenvalue weighted by atomic mass is 35.5. The summed E-state index contributed by atoms with van der Waals surface area (Å²) in [5.41, 5.74) is 3.62. The lowest BCUT2D eigenvalue weighted by Gasteiger charge is -2.20. The van der Waals surface area contributed by atoms with E-state index in [-0.39, 0.29) is 0 Å². The van der Waals surface area contributed by atoms with Crippen LogP contribution in [0.4, 0.5) is 0 Å². The maximum absolute atomic E-state index is 6.71. The van der Waals surface area contributed by atoms with Crippen LogP contribution in [0.15, 0.2) is 70.9 Å². The Morgan fingerprint density at radius 1 is 0.737 bits per heavy atom. The van der Waals surface area contributed by atoms with Crippen LogP contribution >= 0.6 is 11.6 Å². The highest BCUT2D eigenvalue weighted by Crippen LogP contribution is 2.31. The fourth-order valence-corrected chi connectivity index (χ4v) is 2.54. The van der Waals surface area contributed by atoms with Crippen LogP contribution in [0.1, 0.15) is 18.1 Å². The topological polar surface area (TPSA) is 24.7 Å². The van der Waals surface area contributed by atoms with Gasteiger partial charge < -0.3 is 0 Å². The van der Waals surface area contributed by atoms with Crippen molar-refractivity contribution in [3.63, 3.8) is 0 Å². The smallest absolute Gasteiger partial charge is 0.130 e. The van der Waals surface area contributed by atoms with Crippen molar-refractivity contribution < 1.29 is 0 Å². The molecule has 0 unspecified atom stereocenters. The molecule has 0 amide bonds. The number of nitrogens with zero attached hydrogens (tertiary/aromatic N) is 2. The first-order valence-corrected chi connectivity index (χ1v) is 6.54. The Labute approximate surface area is 117 Å². The summed E-state index contributed by atoms with van der Waals surface area (Å²) in [6, 6.07) is 19.9. The van der Waals surface area contributed by atoms with Gasteiger partial charge in [-0.15, -0.1) is 11.6 Å². The minimum atomic E-state index is -0.692. The van der Waals surface area contributed by atoms with E-state index in [0.29, 0.717) is 0 Å². The van der Waals surface area contributed by atoms with Gasteiger partial charge in [0.25, 0.3) is 0 Å². The van der Waals surface area contributed by atoms with Crippen molar-refractivity contribution in [1.82, 2.24) is 0 Å². The molecule has 0 spiro atoms. The normalized spacial score (nSPS) is 16.9. The summed E-state index contributed by atoms with van der Waals surface area (Å²) in [4.78, 5) is -0.692. The molecule has 1 aliphatic heterocycles. The zero-order chi connectivity index (χ0) is 13.3. The van der Waals surface area contributed by atoms with Gasteiger partial charge in [-0.25, -0.2) is 0 Å². The van der Waals surface area contributed by atoms with Crippen LogP contribution in [0, 0.1) is 0 Å². The number of rotatable bonds is 2. The van der Waals surface area contributed by atoms with Gasteiger partial charge in [-0.1, -0.05) is 60.7 Å². The summed E-state index contributed by atoms with van der Waals surface area (Å²) in [7, 11) is 0. The minimum Gasteiger partial charge on any atom is -0.152 e. The molecule has 0 bridgehead atoms. The van der Waals surface area contributed by atoms with Crippen molar-refractivity contribution in [2.24, 2.45) is 10.2 Å². The van der Waals surface area contributed by atoms with Gasteiger partial charge >= 0.3 is 0 Å². The third kappa shape index (κ3) is 2.08. The van der Waals surface area contributed by atoms with Gasteiger partial charge in [0.05, 0.1) is 11.4 Å². The van der Waals surface area contributed by atoms with Crippen molar-refractivity contribution in [1.29, 1.82) is 0 Å². The Morgan fingerprint density at radius 3 is 1.47 bits per heavy atom. The van der Waals surface area contributed by atoms with Gasteiger partial charge in [0.1, 0.15) is 4.87 Å². The van der Waals surface area contributed by atoms with Crippen molar-refractivity contribution in [2.45, 2.75) is 11.8 Å². The minimum absolute atomic E-state index is 0.692. The standard InChI is InChI=1S/C16H13ClN2/c1-16(17)14(12-8-4-2-5-9-12)18-19-15(16)13-10-6-3-7-11-13/h2-11H,1H3. The second-order valence-electron chi connectivity index (χ2n) is 4.63. The molecule has 2 nitrogen and oxygen atoms in total. The Bertz CT molecular complexity index is 585. The molecule has 2 aromatic rings. The first-order chi connectivity index (χ1) is 9.19. The predicted molar refractivity (Wildman–Crippen MR) is 80.2 cm³/mol. The number of hydrogen-bond donors (Lipinski definition) is 0. The molecule has 0 saturated heterocycles. The molecule has 94 valence electrons. The molecule has 19 heavy (non-hydrogen) atoms. The molecule has 0 aromatic heterocycles. The number of alkyl halides is 1. The summed E-state index contributed by atoms with van der Waals surface area (Å²) in [5.74, 6) is 0. The summed E-state index contributed by atoms with van der Waals surface area (Å²) in [6.45, 7) is 1.94. The lowest BCUT2D eigenvalue weighted by atomic mass is 9.90. The molecule has 1 aliphatic rings. The lowest BCUT2D eigenvalue weighted by Crippen LogP contribution is -2.36. The quantitative estimate of drug-likeness (QED) is 0.738. The molecule has 0 fully saturated rings. The Kier molecular flexibility index (Phi) is 2.96. The number of halogens is 1. The SMILES string of the molecule is CC1(Cl)C(c2ccccc2)=NN=C1c1ccccc1. The fraction of sp³-hybridized carbons (Fsp3) is 0.125. The highest BCUT2D eigenvalue weighted by molar-refractivity contribution is 6.53.